The van der Waals surface area contributed by atoms with Gasteiger partial charge in [-0.05, 0) is 62.0 Å². The number of esters is 1. The molecule has 4 atom stereocenters. The quantitative estimate of drug-likeness (QED) is 0.0803. The summed E-state index contributed by atoms with van der Waals surface area (Å²) in [5.74, 6) is 0.0907. The predicted octanol–water partition coefficient (Wildman–Crippen LogP) is 6.74. The molecule has 7 rings (SSSR count). The maximum absolute atomic E-state index is 12.8. The lowest BCUT2D eigenvalue weighted by atomic mass is 9.99. The van der Waals surface area contributed by atoms with Gasteiger partial charge in [-0.1, -0.05) is 127 Å². The van der Waals surface area contributed by atoms with Crippen LogP contribution >= 0.6 is 11.8 Å². The number of urea groups is 1. The lowest BCUT2D eigenvalue weighted by Gasteiger charge is -2.36. The summed E-state index contributed by atoms with van der Waals surface area (Å²) in [5.41, 5.74) is 7.37. The van der Waals surface area contributed by atoms with Crippen LogP contribution in [0.25, 0.3) is 16.8 Å². The number of aromatic nitrogens is 4. The largest absolute Gasteiger partial charge is 0.467 e. The van der Waals surface area contributed by atoms with Gasteiger partial charge in [-0.3, -0.25) is 0 Å². The molecule has 12 nitrogen and oxygen atoms in total. The fourth-order valence-corrected chi connectivity index (χ4v) is 7.37. The molecule has 0 radical (unpaired) electrons. The van der Waals surface area contributed by atoms with Crippen molar-refractivity contribution < 1.29 is 28.9 Å². The highest BCUT2D eigenvalue weighted by Gasteiger charge is 2.33. The van der Waals surface area contributed by atoms with Gasteiger partial charge >= 0.3 is 12.0 Å². The Morgan fingerprint density at radius 1 is 0.839 bits per heavy atom. The summed E-state index contributed by atoms with van der Waals surface area (Å²) in [4.78, 5) is 25.3. The number of thioether (sulfide) groups is 1. The summed E-state index contributed by atoms with van der Waals surface area (Å²) < 4.78 is 19.8. The zero-order chi connectivity index (χ0) is 38.7. The number of aliphatic hydroxyl groups excluding tert-OH is 1. The van der Waals surface area contributed by atoms with Crippen LogP contribution in [0, 0.1) is 0 Å². The minimum atomic E-state index is -0.820. The maximum Gasteiger partial charge on any atom is 0.328 e. The van der Waals surface area contributed by atoms with E-state index in [1.807, 2.05) is 133 Å². The first-order chi connectivity index (χ1) is 27.4. The zero-order valence-electron chi connectivity index (χ0n) is 30.7. The number of nitrogens with zero attached hydrogens (tertiary/aromatic N) is 4. The van der Waals surface area contributed by atoms with E-state index in [1.54, 1.807) is 4.68 Å². The van der Waals surface area contributed by atoms with Gasteiger partial charge in [0.15, 0.2) is 6.29 Å². The molecule has 3 N–H and O–H groups in total. The van der Waals surface area contributed by atoms with Crippen molar-refractivity contribution in [2.75, 3.05) is 12.9 Å². The number of methoxy groups -OCH3 is 1. The second kappa shape index (κ2) is 18.7. The molecule has 1 fully saturated rings. The van der Waals surface area contributed by atoms with Gasteiger partial charge in [-0.25, -0.2) is 9.59 Å². The molecule has 5 aromatic carbocycles. The minimum Gasteiger partial charge on any atom is -0.467 e. The van der Waals surface area contributed by atoms with Crippen molar-refractivity contribution in [2.45, 2.75) is 55.7 Å². The number of aliphatic hydroxyl groups is 1. The van der Waals surface area contributed by atoms with E-state index in [0.717, 1.165) is 44.6 Å². The van der Waals surface area contributed by atoms with Crippen LogP contribution in [0.4, 0.5) is 4.79 Å². The van der Waals surface area contributed by atoms with E-state index in [4.69, 9.17) is 14.2 Å². The topological polar surface area (TPSA) is 150 Å². The van der Waals surface area contributed by atoms with E-state index >= 15 is 0 Å². The summed E-state index contributed by atoms with van der Waals surface area (Å²) >= 11 is 1.53. The first-order valence-corrected chi connectivity index (χ1v) is 19.3. The fraction of sp³-hybridized carbons (Fsp3) is 0.233. The number of carbonyl (C=O) groups is 2. The van der Waals surface area contributed by atoms with Gasteiger partial charge in [0, 0.05) is 30.7 Å². The molecular formula is C43H42N6O6S. The Balaban J connectivity index is 1.01. The molecule has 0 aliphatic carbocycles. The molecule has 6 aromatic rings. The minimum absolute atomic E-state index is 0.0271. The normalized spacial score (nSPS) is 17.1. The van der Waals surface area contributed by atoms with Crippen molar-refractivity contribution in [1.82, 2.24) is 30.8 Å². The Morgan fingerprint density at radius 3 is 2.29 bits per heavy atom. The summed E-state index contributed by atoms with van der Waals surface area (Å²) in [7, 11) is 1.31. The Kier molecular flexibility index (Phi) is 12.8. The van der Waals surface area contributed by atoms with Gasteiger partial charge in [0.1, 0.15) is 6.04 Å². The molecule has 286 valence electrons. The average Bonchev–Trinajstić information content (AvgIpc) is 3.74. The number of hydrogen-bond acceptors (Lipinski definition) is 10. The van der Waals surface area contributed by atoms with Crippen LogP contribution < -0.4 is 10.6 Å². The second-order valence-corrected chi connectivity index (χ2v) is 14.3. The molecular weight excluding hydrogens is 729 g/mol. The van der Waals surface area contributed by atoms with Crippen LogP contribution in [0.15, 0.2) is 139 Å². The molecule has 0 spiro atoms. The zero-order valence-corrected chi connectivity index (χ0v) is 31.5. The highest BCUT2D eigenvalue weighted by molar-refractivity contribution is 7.99. The standard InChI is InChI=1S/C43H42N6O6S/c1-53-40(51)38(24-29-9-4-2-5-10-29)45-42(52)44-26-31-11-8-12-35(23-31)32-19-21-34(22-20-32)41-54-37(25-39(55-41)33-17-15-30(27-50)16-18-33)28-56-43-46-47-48-49(43)36-13-6-3-7-14-36/h2-23,37-39,41,50H,24-28H2,1H3,(H2,44,45,52). The van der Waals surface area contributed by atoms with Gasteiger partial charge < -0.3 is 30.0 Å². The number of hydrogen-bond donors (Lipinski definition) is 3. The van der Waals surface area contributed by atoms with Crippen LogP contribution in [-0.4, -0.2) is 62.3 Å². The van der Waals surface area contributed by atoms with E-state index in [1.165, 1.54) is 18.9 Å². The van der Waals surface area contributed by atoms with E-state index in [9.17, 15) is 14.7 Å². The number of benzene rings is 5. The van der Waals surface area contributed by atoms with Gasteiger partial charge in [0.25, 0.3) is 0 Å². The molecule has 1 aliphatic heterocycles. The Hall–Kier alpha value is -5.86. The highest BCUT2D eigenvalue weighted by atomic mass is 32.2. The smallest absolute Gasteiger partial charge is 0.328 e. The predicted molar refractivity (Wildman–Crippen MR) is 211 cm³/mol. The lowest BCUT2D eigenvalue weighted by molar-refractivity contribution is -0.245. The molecule has 0 saturated carbocycles. The third kappa shape index (κ3) is 9.86. The molecule has 1 aromatic heterocycles. The van der Waals surface area contributed by atoms with Crippen molar-refractivity contribution in [1.29, 1.82) is 0 Å². The molecule has 56 heavy (non-hydrogen) atoms. The van der Waals surface area contributed by atoms with Crippen LogP contribution in [-0.2, 0) is 38.6 Å². The van der Waals surface area contributed by atoms with Gasteiger partial charge in [-0.2, -0.15) is 4.68 Å². The van der Waals surface area contributed by atoms with E-state index in [2.05, 4.69) is 26.2 Å². The van der Waals surface area contributed by atoms with Crippen LogP contribution in [0.1, 0.15) is 46.6 Å². The van der Waals surface area contributed by atoms with E-state index < -0.39 is 24.3 Å². The number of para-hydroxylation sites is 1. The highest BCUT2D eigenvalue weighted by Crippen LogP contribution is 2.40. The van der Waals surface area contributed by atoms with Gasteiger partial charge in [0.05, 0.1) is 31.6 Å². The average molecular weight is 771 g/mol. The summed E-state index contributed by atoms with van der Waals surface area (Å²) in [6.07, 6.45) is -0.0929. The van der Waals surface area contributed by atoms with Gasteiger partial charge in [-0.15, -0.1) is 5.10 Å². The number of carbonyl (C=O) groups excluding carboxylic acids is 2. The summed E-state index contributed by atoms with van der Waals surface area (Å²) in [5, 5.41) is 28.2. The summed E-state index contributed by atoms with van der Waals surface area (Å²) in [6.45, 7) is 0.235. The van der Waals surface area contributed by atoms with Crippen molar-refractivity contribution in [3.63, 3.8) is 0 Å². The molecule has 4 unspecified atom stereocenters. The molecule has 13 heteroatoms. The second-order valence-electron chi connectivity index (χ2n) is 13.3. The van der Waals surface area contributed by atoms with Crippen molar-refractivity contribution >= 4 is 23.8 Å². The van der Waals surface area contributed by atoms with Crippen LogP contribution in [0.3, 0.4) is 0 Å². The molecule has 1 aliphatic rings. The lowest BCUT2D eigenvalue weighted by Crippen LogP contribution is -2.47. The Labute approximate surface area is 329 Å². The van der Waals surface area contributed by atoms with Crippen LogP contribution in [0.5, 0.6) is 0 Å². The van der Waals surface area contributed by atoms with Crippen LogP contribution in [0.2, 0.25) is 0 Å². The fourth-order valence-electron chi connectivity index (χ4n) is 6.46. The number of tetrazole rings is 1. The first kappa shape index (κ1) is 38.4. The number of nitrogens with one attached hydrogen (secondary N) is 2. The number of rotatable bonds is 14. The Morgan fingerprint density at radius 2 is 1.55 bits per heavy atom. The van der Waals surface area contributed by atoms with E-state index in [-0.39, 0.29) is 25.4 Å². The van der Waals surface area contributed by atoms with Gasteiger partial charge in [0.2, 0.25) is 5.16 Å². The molecule has 2 amide bonds. The monoisotopic (exact) mass is 770 g/mol. The third-order valence-corrected chi connectivity index (χ3v) is 10.5. The van der Waals surface area contributed by atoms with Crippen molar-refractivity contribution in [2.24, 2.45) is 0 Å². The first-order valence-electron chi connectivity index (χ1n) is 18.3. The van der Waals surface area contributed by atoms with Crippen molar-refractivity contribution in [3.05, 3.63) is 161 Å². The third-order valence-electron chi connectivity index (χ3n) is 9.42. The Bertz CT molecular complexity index is 2190. The van der Waals surface area contributed by atoms with E-state index in [0.29, 0.717) is 23.8 Å². The molecule has 2 heterocycles. The SMILES string of the molecule is COC(=O)C(Cc1ccccc1)NC(=O)NCc1cccc(-c2ccc(C3OC(CSc4nnnn4-c4ccccc4)CC(c4ccc(CO)cc4)O3)cc2)c1. The molecule has 0 bridgehead atoms. The van der Waals surface area contributed by atoms with Crippen molar-refractivity contribution in [3.8, 4) is 16.8 Å². The molecule has 1 saturated heterocycles. The number of ether oxygens (including phenoxy) is 3. The summed E-state index contributed by atoms with van der Waals surface area (Å²) in [6, 6.07) is 41.8. The number of amides is 2. The maximum atomic E-state index is 12.8.